The molecule has 0 aliphatic carbocycles. The van der Waals surface area contributed by atoms with Crippen LogP contribution in [0.15, 0.2) is 60.9 Å². The fraction of sp³-hybridized carbons (Fsp3) is 0.150. The van der Waals surface area contributed by atoms with E-state index in [9.17, 15) is 4.79 Å². The van der Waals surface area contributed by atoms with Crippen molar-refractivity contribution in [2.45, 2.75) is 6.42 Å². The maximum atomic E-state index is 12.7. The van der Waals surface area contributed by atoms with Gasteiger partial charge in [-0.25, -0.2) is 9.97 Å². The van der Waals surface area contributed by atoms with Crippen molar-refractivity contribution < 1.29 is 9.53 Å². The summed E-state index contributed by atoms with van der Waals surface area (Å²) in [6.07, 6.45) is 4.26. The summed E-state index contributed by atoms with van der Waals surface area (Å²) >= 11 is 0. The fourth-order valence-corrected chi connectivity index (χ4v) is 3.15. The molecule has 6 nitrogen and oxygen atoms in total. The Kier molecular flexibility index (Phi) is 4.23. The molecule has 1 aliphatic heterocycles. The predicted molar refractivity (Wildman–Crippen MR) is 100 cm³/mol. The third kappa shape index (κ3) is 2.97. The van der Waals surface area contributed by atoms with Crippen LogP contribution in [0.5, 0.6) is 5.75 Å². The van der Waals surface area contributed by atoms with Gasteiger partial charge in [0.1, 0.15) is 5.75 Å². The Morgan fingerprint density at radius 1 is 1.12 bits per heavy atom. The van der Waals surface area contributed by atoms with Crippen molar-refractivity contribution in [1.82, 2.24) is 9.97 Å². The topological polar surface area (TPSA) is 67.3 Å². The minimum Gasteiger partial charge on any atom is -0.497 e. The summed E-state index contributed by atoms with van der Waals surface area (Å²) in [6, 6.07) is 14.8. The first-order valence-corrected chi connectivity index (χ1v) is 8.38. The molecule has 0 spiro atoms. The van der Waals surface area contributed by atoms with Gasteiger partial charge in [-0.15, -0.1) is 0 Å². The number of fused-ring (bicyclic) bond motifs is 1. The van der Waals surface area contributed by atoms with E-state index in [-0.39, 0.29) is 5.91 Å². The van der Waals surface area contributed by atoms with Gasteiger partial charge in [0.2, 0.25) is 5.95 Å². The molecule has 1 amide bonds. The minimum absolute atomic E-state index is 0.165. The normalized spacial score (nSPS) is 12.6. The number of aromatic nitrogens is 2. The molecular formula is C20H18N4O2. The van der Waals surface area contributed by atoms with E-state index in [4.69, 9.17) is 4.74 Å². The van der Waals surface area contributed by atoms with Crippen LogP contribution in [-0.4, -0.2) is 29.5 Å². The van der Waals surface area contributed by atoms with E-state index in [0.29, 0.717) is 22.9 Å². The lowest BCUT2D eigenvalue weighted by atomic mass is 10.1. The molecular weight excluding hydrogens is 328 g/mol. The van der Waals surface area contributed by atoms with Gasteiger partial charge < -0.3 is 15.0 Å². The van der Waals surface area contributed by atoms with Gasteiger partial charge in [-0.2, -0.15) is 0 Å². The van der Waals surface area contributed by atoms with Gasteiger partial charge in [-0.1, -0.05) is 18.2 Å². The first-order valence-electron chi connectivity index (χ1n) is 8.38. The highest BCUT2D eigenvalue weighted by Gasteiger charge is 2.27. The van der Waals surface area contributed by atoms with Crippen LogP contribution in [0.4, 0.5) is 17.3 Å². The van der Waals surface area contributed by atoms with Crippen LogP contribution in [0.25, 0.3) is 0 Å². The van der Waals surface area contributed by atoms with Gasteiger partial charge in [-0.05, 0) is 36.2 Å². The number of rotatable bonds is 4. The SMILES string of the molecule is COc1cc2c(c(NC(=O)c3ccccc3)c1)N(c1ncccn1)CC2. The molecule has 1 aromatic heterocycles. The number of anilines is 3. The molecule has 0 radical (unpaired) electrons. The molecule has 26 heavy (non-hydrogen) atoms. The van der Waals surface area contributed by atoms with Crippen molar-refractivity contribution in [2.75, 3.05) is 23.9 Å². The van der Waals surface area contributed by atoms with Gasteiger partial charge >= 0.3 is 0 Å². The number of carbonyl (C=O) groups excluding carboxylic acids is 1. The summed E-state index contributed by atoms with van der Waals surface area (Å²) in [5.41, 5.74) is 3.31. The number of nitrogens with one attached hydrogen (secondary N) is 1. The van der Waals surface area contributed by atoms with Crippen molar-refractivity contribution in [1.29, 1.82) is 0 Å². The largest absolute Gasteiger partial charge is 0.497 e. The molecule has 2 aromatic carbocycles. The minimum atomic E-state index is -0.165. The highest BCUT2D eigenvalue weighted by atomic mass is 16.5. The van der Waals surface area contributed by atoms with E-state index in [1.807, 2.05) is 35.2 Å². The second-order valence-corrected chi connectivity index (χ2v) is 5.95. The highest BCUT2D eigenvalue weighted by molar-refractivity contribution is 6.06. The van der Waals surface area contributed by atoms with Crippen molar-refractivity contribution >= 4 is 23.2 Å². The number of amides is 1. The van der Waals surface area contributed by atoms with Crippen molar-refractivity contribution in [3.05, 3.63) is 72.1 Å². The summed E-state index contributed by atoms with van der Waals surface area (Å²) in [5, 5.41) is 3.02. The van der Waals surface area contributed by atoms with Crippen molar-refractivity contribution in [3.8, 4) is 5.75 Å². The lowest BCUT2D eigenvalue weighted by Gasteiger charge is -2.21. The van der Waals surface area contributed by atoms with Crippen LogP contribution in [0.1, 0.15) is 15.9 Å². The van der Waals surface area contributed by atoms with E-state index in [0.717, 1.165) is 24.2 Å². The van der Waals surface area contributed by atoms with Crippen LogP contribution in [-0.2, 0) is 6.42 Å². The Morgan fingerprint density at radius 2 is 1.88 bits per heavy atom. The maximum absolute atomic E-state index is 12.7. The smallest absolute Gasteiger partial charge is 0.255 e. The monoisotopic (exact) mass is 346 g/mol. The molecule has 4 rings (SSSR count). The molecule has 0 unspecified atom stereocenters. The van der Waals surface area contributed by atoms with Gasteiger partial charge in [0.15, 0.2) is 0 Å². The van der Waals surface area contributed by atoms with Crippen LogP contribution in [0.3, 0.4) is 0 Å². The zero-order valence-electron chi connectivity index (χ0n) is 14.3. The lowest BCUT2D eigenvalue weighted by Crippen LogP contribution is -2.19. The number of carbonyl (C=O) groups is 1. The number of hydrogen-bond donors (Lipinski definition) is 1. The van der Waals surface area contributed by atoms with Gasteiger partial charge in [0.25, 0.3) is 5.91 Å². The first-order chi connectivity index (χ1) is 12.8. The van der Waals surface area contributed by atoms with Crippen molar-refractivity contribution in [3.63, 3.8) is 0 Å². The predicted octanol–water partition coefficient (Wildman–Crippen LogP) is 3.43. The second-order valence-electron chi connectivity index (χ2n) is 5.95. The van der Waals surface area contributed by atoms with Crippen LogP contribution >= 0.6 is 0 Å². The molecule has 6 heteroatoms. The number of nitrogens with zero attached hydrogens (tertiary/aromatic N) is 3. The molecule has 0 fully saturated rings. The van der Waals surface area contributed by atoms with Crippen molar-refractivity contribution in [2.24, 2.45) is 0 Å². The third-order valence-electron chi connectivity index (χ3n) is 4.35. The fourth-order valence-electron chi connectivity index (χ4n) is 3.15. The van der Waals surface area contributed by atoms with Gasteiger partial charge in [0.05, 0.1) is 18.5 Å². The van der Waals surface area contributed by atoms with E-state index in [1.54, 1.807) is 37.7 Å². The van der Waals surface area contributed by atoms with Crippen LogP contribution in [0.2, 0.25) is 0 Å². The number of benzene rings is 2. The number of hydrogen-bond acceptors (Lipinski definition) is 5. The summed E-state index contributed by atoms with van der Waals surface area (Å²) in [5.74, 6) is 1.16. The van der Waals surface area contributed by atoms with Gasteiger partial charge in [0, 0.05) is 30.6 Å². The molecule has 0 saturated carbocycles. The molecule has 1 N–H and O–H groups in total. The average Bonchev–Trinajstić information content (AvgIpc) is 3.13. The lowest BCUT2D eigenvalue weighted by molar-refractivity contribution is 0.102. The first kappa shape index (κ1) is 16.1. The van der Waals surface area contributed by atoms with Gasteiger partial charge in [-0.3, -0.25) is 4.79 Å². The molecule has 3 aromatic rings. The highest BCUT2D eigenvalue weighted by Crippen LogP contribution is 2.41. The van der Waals surface area contributed by atoms with E-state index in [2.05, 4.69) is 15.3 Å². The van der Waals surface area contributed by atoms with Crippen LogP contribution < -0.4 is 15.0 Å². The maximum Gasteiger partial charge on any atom is 0.255 e. The molecule has 130 valence electrons. The van der Waals surface area contributed by atoms with E-state index < -0.39 is 0 Å². The summed E-state index contributed by atoms with van der Waals surface area (Å²) in [4.78, 5) is 23.4. The Hall–Kier alpha value is -3.41. The Balaban J connectivity index is 1.74. The average molecular weight is 346 g/mol. The molecule has 0 atom stereocenters. The molecule has 0 bridgehead atoms. The molecule has 2 heterocycles. The zero-order chi connectivity index (χ0) is 17.9. The summed E-state index contributed by atoms with van der Waals surface area (Å²) in [6.45, 7) is 0.751. The Bertz CT molecular complexity index is 929. The second kappa shape index (κ2) is 6.84. The third-order valence-corrected chi connectivity index (χ3v) is 4.35. The van der Waals surface area contributed by atoms with E-state index >= 15 is 0 Å². The number of ether oxygens (including phenoxy) is 1. The standard InChI is InChI=1S/C20H18N4O2/c1-26-16-12-15-8-11-24(20-21-9-5-10-22-20)18(15)17(13-16)23-19(25)14-6-3-2-4-7-14/h2-7,9-10,12-13H,8,11H2,1H3,(H,23,25). The summed E-state index contributed by atoms with van der Waals surface area (Å²) < 4.78 is 5.41. The molecule has 1 aliphatic rings. The zero-order valence-corrected chi connectivity index (χ0v) is 14.3. The quantitative estimate of drug-likeness (QED) is 0.784. The van der Waals surface area contributed by atoms with Crippen LogP contribution in [0, 0.1) is 0 Å². The molecule has 0 saturated heterocycles. The Morgan fingerprint density at radius 3 is 2.62 bits per heavy atom. The number of methoxy groups -OCH3 is 1. The van der Waals surface area contributed by atoms with E-state index in [1.165, 1.54) is 0 Å². The summed E-state index contributed by atoms with van der Waals surface area (Å²) in [7, 11) is 1.62. The Labute approximate surface area is 151 Å².